The number of carboxylic acid groups (broad SMARTS) is 1. The molecule has 4 aliphatic carbocycles. The Morgan fingerprint density at radius 2 is 1.74 bits per heavy atom. The van der Waals surface area contributed by atoms with E-state index >= 15 is 0 Å². The van der Waals surface area contributed by atoms with Gasteiger partial charge in [0.05, 0.1) is 31.3 Å². The molecule has 10 heteroatoms. The lowest BCUT2D eigenvalue weighted by Crippen LogP contribution is -2.69. The van der Waals surface area contributed by atoms with E-state index in [0.29, 0.717) is 18.4 Å². The van der Waals surface area contributed by atoms with Crippen LogP contribution < -0.4 is 4.74 Å². The molecule has 1 amide bonds. The monoisotopic (exact) mass is 496 g/mol. The van der Waals surface area contributed by atoms with Gasteiger partial charge in [0, 0.05) is 18.7 Å². The van der Waals surface area contributed by atoms with E-state index in [9.17, 15) is 18.0 Å². The summed E-state index contributed by atoms with van der Waals surface area (Å²) in [4.78, 5) is 28.7. The lowest BCUT2D eigenvalue weighted by molar-refractivity contribution is -0.192. The van der Waals surface area contributed by atoms with Crippen LogP contribution in [0.5, 0.6) is 5.75 Å². The first kappa shape index (κ1) is 24.3. The second-order valence-corrected chi connectivity index (χ2v) is 11.1. The third kappa shape index (κ3) is 4.73. The summed E-state index contributed by atoms with van der Waals surface area (Å²) in [5.41, 5.74) is -0.211. The van der Waals surface area contributed by atoms with Gasteiger partial charge in [-0.2, -0.15) is 13.2 Å². The summed E-state index contributed by atoms with van der Waals surface area (Å²) >= 11 is 0. The average Bonchev–Trinajstić information content (AvgIpc) is 3.20. The zero-order valence-corrected chi connectivity index (χ0v) is 19.5. The number of rotatable bonds is 4. The SMILES string of the molecule is O=C(N1CC2(C1)OCCC2COc1cccnc1)C12CC3CC(CC(C3)C1)C2.O=C(O)C(F)(F)F. The molecule has 6 aliphatic rings. The molecule has 1 N–H and O–H groups in total. The lowest BCUT2D eigenvalue weighted by Gasteiger charge is -2.59. The topological polar surface area (TPSA) is 89.0 Å². The maximum atomic E-state index is 13.5. The number of carbonyl (C=O) groups is 2. The molecule has 1 unspecified atom stereocenters. The Morgan fingerprint density at radius 1 is 1.14 bits per heavy atom. The van der Waals surface area contributed by atoms with Gasteiger partial charge in [-0.3, -0.25) is 9.78 Å². The van der Waals surface area contributed by atoms with Gasteiger partial charge in [0.15, 0.2) is 0 Å². The van der Waals surface area contributed by atoms with E-state index in [0.717, 1.165) is 68.9 Å². The molecule has 1 aromatic heterocycles. The summed E-state index contributed by atoms with van der Waals surface area (Å²) in [6.45, 7) is 2.94. The zero-order valence-electron chi connectivity index (χ0n) is 19.5. The molecule has 2 aliphatic heterocycles. The summed E-state index contributed by atoms with van der Waals surface area (Å²) in [5.74, 6) is 1.29. The molecular formula is C25H31F3N2O5. The average molecular weight is 497 g/mol. The molecule has 0 radical (unpaired) electrons. The van der Waals surface area contributed by atoms with Crippen LogP contribution in [0.15, 0.2) is 24.5 Å². The second kappa shape index (κ2) is 8.94. The van der Waals surface area contributed by atoms with Gasteiger partial charge in [0.2, 0.25) is 5.91 Å². The fourth-order valence-corrected chi connectivity index (χ4v) is 7.45. The van der Waals surface area contributed by atoms with Gasteiger partial charge in [-0.15, -0.1) is 0 Å². The highest BCUT2D eigenvalue weighted by atomic mass is 19.4. The van der Waals surface area contributed by atoms with E-state index < -0.39 is 12.1 Å². The molecule has 1 aromatic rings. The van der Waals surface area contributed by atoms with Crippen molar-refractivity contribution in [2.75, 3.05) is 26.3 Å². The normalized spacial score (nSPS) is 34.2. The van der Waals surface area contributed by atoms with Crippen molar-refractivity contribution in [3.8, 4) is 5.75 Å². The first-order chi connectivity index (χ1) is 16.6. The molecule has 3 heterocycles. The summed E-state index contributed by atoms with van der Waals surface area (Å²) < 4.78 is 43.9. The molecule has 2 saturated heterocycles. The summed E-state index contributed by atoms with van der Waals surface area (Å²) in [6, 6.07) is 3.84. The number of aliphatic carboxylic acids is 1. The van der Waals surface area contributed by atoms with Crippen LogP contribution in [0.4, 0.5) is 13.2 Å². The Balaban J connectivity index is 0.000000320. The van der Waals surface area contributed by atoms with Gasteiger partial charge in [-0.1, -0.05) is 0 Å². The number of hydrogen-bond acceptors (Lipinski definition) is 5. The highest BCUT2D eigenvalue weighted by Gasteiger charge is 2.61. The Bertz CT molecular complexity index is 913. The van der Waals surface area contributed by atoms with Crippen LogP contribution in [0.2, 0.25) is 0 Å². The van der Waals surface area contributed by atoms with Crippen LogP contribution in [-0.2, 0) is 14.3 Å². The standard InChI is InChI=1S/C23H30N2O3.C2HF3O2/c26-21(22-9-16-6-17(10-22)8-18(7-16)11-22)25-14-23(15-25)19(3-5-28-23)13-27-20-2-1-4-24-12-20;3-2(4,5)1(6)7/h1-2,4,12,16-19H,3,5-11,13-15H2;(H,6,7). The number of halogens is 3. The van der Waals surface area contributed by atoms with Crippen molar-refractivity contribution in [2.45, 2.75) is 56.7 Å². The summed E-state index contributed by atoms with van der Waals surface area (Å²) in [7, 11) is 0. The second-order valence-electron chi connectivity index (χ2n) is 11.1. The van der Waals surface area contributed by atoms with E-state index in [4.69, 9.17) is 19.4 Å². The number of ether oxygens (including phenoxy) is 2. The molecule has 1 spiro atoms. The van der Waals surface area contributed by atoms with Crippen molar-refractivity contribution in [3.05, 3.63) is 24.5 Å². The number of likely N-dealkylation sites (tertiary alicyclic amines) is 1. The number of carbonyl (C=O) groups excluding carboxylic acids is 1. The molecule has 35 heavy (non-hydrogen) atoms. The van der Waals surface area contributed by atoms with Crippen molar-refractivity contribution in [1.82, 2.24) is 9.88 Å². The number of alkyl halides is 3. The number of aromatic nitrogens is 1. The Morgan fingerprint density at radius 3 is 2.26 bits per heavy atom. The number of nitrogens with zero attached hydrogens (tertiary/aromatic N) is 2. The smallest absolute Gasteiger partial charge is 0.490 e. The van der Waals surface area contributed by atoms with Gasteiger partial charge in [-0.05, 0) is 74.8 Å². The molecule has 6 fully saturated rings. The maximum absolute atomic E-state index is 13.5. The Kier molecular flexibility index (Phi) is 6.22. The van der Waals surface area contributed by atoms with Crippen molar-refractivity contribution in [1.29, 1.82) is 0 Å². The minimum absolute atomic E-state index is 0.0311. The number of pyridine rings is 1. The minimum Gasteiger partial charge on any atom is -0.492 e. The summed E-state index contributed by atoms with van der Waals surface area (Å²) in [5, 5.41) is 7.12. The molecule has 4 saturated carbocycles. The van der Waals surface area contributed by atoms with Crippen LogP contribution in [0, 0.1) is 29.1 Å². The predicted octanol–water partition coefficient (Wildman–Crippen LogP) is 3.93. The van der Waals surface area contributed by atoms with Gasteiger partial charge in [0.25, 0.3) is 0 Å². The summed E-state index contributed by atoms with van der Waals surface area (Å²) in [6.07, 6.45) is 7.04. The maximum Gasteiger partial charge on any atom is 0.490 e. The van der Waals surface area contributed by atoms with Crippen molar-refractivity contribution >= 4 is 11.9 Å². The number of carboxylic acids is 1. The van der Waals surface area contributed by atoms with Gasteiger partial charge in [0.1, 0.15) is 11.4 Å². The Hall–Kier alpha value is -2.36. The molecule has 7 nitrogen and oxygen atoms in total. The van der Waals surface area contributed by atoms with Crippen molar-refractivity contribution < 1.29 is 37.3 Å². The van der Waals surface area contributed by atoms with Crippen LogP contribution in [0.1, 0.15) is 44.9 Å². The first-order valence-electron chi connectivity index (χ1n) is 12.3. The predicted molar refractivity (Wildman–Crippen MR) is 117 cm³/mol. The van der Waals surface area contributed by atoms with Crippen LogP contribution in [-0.4, -0.2) is 64.9 Å². The third-order valence-electron chi connectivity index (χ3n) is 8.62. The zero-order chi connectivity index (χ0) is 24.8. The van der Waals surface area contributed by atoms with Crippen molar-refractivity contribution in [2.24, 2.45) is 29.1 Å². The molecule has 4 bridgehead atoms. The first-order valence-corrected chi connectivity index (χ1v) is 12.3. The van der Waals surface area contributed by atoms with E-state index in [1.54, 1.807) is 12.4 Å². The minimum atomic E-state index is -5.08. The number of hydrogen-bond donors (Lipinski definition) is 1. The molecule has 0 aromatic carbocycles. The molecule has 192 valence electrons. The largest absolute Gasteiger partial charge is 0.492 e. The van der Waals surface area contributed by atoms with Crippen LogP contribution in [0.25, 0.3) is 0 Å². The highest BCUT2D eigenvalue weighted by molar-refractivity contribution is 5.84. The number of amides is 1. The Labute approximate surface area is 202 Å². The van der Waals surface area contributed by atoms with Gasteiger partial charge >= 0.3 is 12.1 Å². The fraction of sp³-hybridized carbons (Fsp3) is 0.720. The molecular weight excluding hydrogens is 465 g/mol. The van der Waals surface area contributed by atoms with Crippen LogP contribution in [0.3, 0.4) is 0 Å². The lowest BCUT2D eigenvalue weighted by atomic mass is 9.49. The molecule has 7 rings (SSSR count). The van der Waals surface area contributed by atoms with Gasteiger partial charge in [-0.25, -0.2) is 4.79 Å². The van der Waals surface area contributed by atoms with Gasteiger partial charge < -0.3 is 19.5 Å². The molecule has 1 atom stereocenters. The third-order valence-corrected chi connectivity index (χ3v) is 8.62. The van der Waals surface area contributed by atoms with E-state index in [1.807, 2.05) is 12.1 Å². The fourth-order valence-electron chi connectivity index (χ4n) is 7.45. The van der Waals surface area contributed by atoms with Crippen LogP contribution >= 0.6 is 0 Å². The van der Waals surface area contributed by atoms with Crippen molar-refractivity contribution in [3.63, 3.8) is 0 Å². The quantitative estimate of drug-likeness (QED) is 0.680. The van der Waals surface area contributed by atoms with E-state index in [1.165, 1.54) is 19.3 Å². The van der Waals surface area contributed by atoms with E-state index in [-0.39, 0.29) is 11.0 Å². The van der Waals surface area contributed by atoms with E-state index in [2.05, 4.69) is 9.88 Å². The highest BCUT2D eigenvalue weighted by Crippen LogP contribution is 2.61.